The lowest BCUT2D eigenvalue weighted by atomic mass is 10.00. The van der Waals surface area contributed by atoms with Crippen LogP contribution in [0.4, 0.5) is 0 Å². The average molecular weight is 445 g/mol. The zero-order valence-corrected chi connectivity index (χ0v) is 18.5. The van der Waals surface area contributed by atoms with Crippen LogP contribution in [0, 0.1) is 0 Å². The standard InChI is InChI=1S/C26H25N3O4/c1-3-33-22-13-9-18(10-14-22)17-29-24(19-7-5-4-6-8-19)23(26(31)28-29)27-25(30)20-11-15-21(32-2)16-12-20/h4-17,23-24H,3H2,1-2H3,(H-,27,28,30,31)/p+1/b29-17-/t23-,24-/m0/s1. The number of nitrogens with zero attached hydrogens (tertiary/aromatic N) is 1. The van der Waals surface area contributed by atoms with Crippen molar-refractivity contribution in [3.05, 3.63) is 95.6 Å². The van der Waals surface area contributed by atoms with Crippen molar-refractivity contribution in [3.63, 3.8) is 0 Å². The number of carbonyl (C=O) groups excluding carboxylic acids is 2. The normalized spacial score (nSPS) is 18.6. The van der Waals surface area contributed by atoms with Crippen LogP contribution >= 0.6 is 0 Å². The summed E-state index contributed by atoms with van der Waals surface area (Å²) in [4.78, 5) is 25.8. The Balaban J connectivity index is 1.63. The third kappa shape index (κ3) is 5.03. The highest BCUT2D eigenvalue weighted by Gasteiger charge is 2.47. The first-order valence-electron chi connectivity index (χ1n) is 10.8. The van der Waals surface area contributed by atoms with Crippen LogP contribution in [0.15, 0.2) is 78.9 Å². The molecule has 1 saturated heterocycles. The lowest BCUT2D eigenvalue weighted by Gasteiger charge is -2.15. The summed E-state index contributed by atoms with van der Waals surface area (Å²) in [5.41, 5.74) is 5.13. The number of methoxy groups -OCH3 is 1. The summed E-state index contributed by atoms with van der Waals surface area (Å²) in [6.45, 7) is 2.53. The van der Waals surface area contributed by atoms with Crippen molar-refractivity contribution in [2.75, 3.05) is 13.7 Å². The number of nitrogens with one attached hydrogen (secondary N) is 2. The molecular weight excluding hydrogens is 418 g/mol. The zero-order chi connectivity index (χ0) is 23.2. The van der Waals surface area contributed by atoms with Gasteiger partial charge in [-0.3, -0.25) is 9.59 Å². The number of hydrazone groups is 1. The molecule has 168 valence electrons. The number of hydrogen-bond acceptors (Lipinski definition) is 4. The van der Waals surface area contributed by atoms with Crippen molar-refractivity contribution in [2.45, 2.75) is 19.0 Å². The summed E-state index contributed by atoms with van der Waals surface area (Å²) in [6, 6.07) is 22.8. The van der Waals surface area contributed by atoms with Crippen molar-refractivity contribution in [2.24, 2.45) is 0 Å². The van der Waals surface area contributed by atoms with E-state index in [4.69, 9.17) is 9.47 Å². The smallest absolute Gasteiger partial charge is 0.304 e. The van der Waals surface area contributed by atoms with Crippen molar-refractivity contribution < 1.29 is 23.7 Å². The van der Waals surface area contributed by atoms with Crippen molar-refractivity contribution in [3.8, 4) is 11.5 Å². The molecule has 0 aromatic heterocycles. The van der Waals surface area contributed by atoms with E-state index in [-0.39, 0.29) is 11.8 Å². The Bertz CT molecular complexity index is 1140. The Morgan fingerprint density at radius 2 is 1.67 bits per heavy atom. The fourth-order valence-corrected chi connectivity index (χ4v) is 3.77. The maximum absolute atomic E-state index is 12.9. The SMILES string of the molecule is CCOc1ccc(/C=[N+]2\NC(=O)[C@@H](NC(=O)c3ccc(OC)cc3)[C@@H]2c2ccccc2)cc1. The van der Waals surface area contributed by atoms with Crippen LogP contribution in [0.2, 0.25) is 0 Å². The van der Waals surface area contributed by atoms with Crippen LogP contribution in [0.25, 0.3) is 0 Å². The van der Waals surface area contributed by atoms with Crippen LogP contribution in [0.5, 0.6) is 11.5 Å². The molecule has 1 fully saturated rings. The van der Waals surface area contributed by atoms with E-state index < -0.39 is 12.1 Å². The molecule has 7 heteroatoms. The van der Waals surface area contributed by atoms with Gasteiger partial charge in [-0.25, -0.2) is 0 Å². The van der Waals surface area contributed by atoms with Gasteiger partial charge in [0.15, 0.2) is 6.04 Å². The molecule has 4 rings (SSSR count). The van der Waals surface area contributed by atoms with Gasteiger partial charge < -0.3 is 14.8 Å². The maximum atomic E-state index is 12.9. The summed E-state index contributed by atoms with van der Waals surface area (Å²) in [7, 11) is 1.57. The fourth-order valence-electron chi connectivity index (χ4n) is 3.77. The van der Waals surface area contributed by atoms with Gasteiger partial charge in [-0.05, 0) is 55.5 Å². The molecule has 0 bridgehead atoms. The second kappa shape index (κ2) is 9.99. The van der Waals surface area contributed by atoms with E-state index in [0.717, 1.165) is 16.9 Å². The molecule has 0 saturated carbocycles. The number of amides is 2. The van der Waals surface area contributed by atoms with Crippen LogP contribution in [-0.2, 0) is 4.79 Å². The molecule has 0 aliphatic carbocycles. The second-order valence-corrected chi connectivity index (χ2v) is 7.55. The molecular formula is C26H26N3O4+. The highest BCUT2D eigenvalue weighted by Crippen LogP contribution is 2.25. The second-order valence-electron chi connectivity index (χ2n) is 7.55. The number of carbonyl (C=O) groups is 2. The first-order valence-corrected chi connectivity index (χ1v) is 10.8. The Labute approximate surface area is 192 Å². The molecule has 3 aromatic rings. The Kier molecular flexibility index (Phi) is 6.69. The Morgan fingerprint density at radius 3 is 2.30 bits per heavy atom. The molecule has 2 amide bonds. The molecule has 33 heavy (non-hydrogen) atoms. The average Bonchev–Trinajstić information content (AvgIpc) is 3.15. The fraction of sp³-hybridized carbons (Fsp3) is 0.192. The number of benzene rings is 3. The van der Waals surface area contributed by atoms with Gasteiger partial charge in [-0.2, -0.15) is 0 Å². The van der Waals surface area contributed by atoms with Crippen molar-refractivity contribution in [1.29, 1.82) is 0 Å². The number of hydrazine groups is 1. The predicted octanol–water partition coefficient (Wildman–Crippen LogP) is 3.11. The molecule has 7 nitrogen and oxygen atoms in total. The Morgan fingerprint density at radius 1 is 1.00 bits per heavy atom. The zero-order valence-electron chi connectivity index (χ0n) is 18.5. The molecule has 1 aliphatic rings. The van der Waals surface area contributed by atoms with E-state index in [2.05, 4.69) is 10.7 Å². The van der Waals surface area contributed by atoms with Gasteiger partial charge in [0.1, 0.15) is 11.5 Å². The van der Waals surface area contributed by atoms with Gasteiger partial charge in [-0.15, -0.1) is 10.1 Å². The molecule has 3 aromatic carbocycles. The third-order valence-corrected chi connectivity index (χ3v) is 5.40. The monoisotopic (exact) mass is 444 g/mol. The van der Waals surface area contributed by atoms with Gasteiger partial charge in [0, 0.05) is 16.7 Å². The van der Waals surface area contributed by atoms with E-state index in [1.54, 1.807) is 36.1 Å². The minimum absolute atomic E-state index is 0.284. The molecule has 1 aliphatic heterocycles. The molecule has 0 radical (unpaired) electrons. The third-order valence-electron chi connectivity index (χ3n) is 5.40. The minimum Gasteiger partial charge on any atom is -0.497 e. The number of rotatable bonds is 7. The molecule has 0 unspecified atom stereocenters. The number of hydrogen-bond donors (Lipinski definition) is 2. The first kappa shape index (κ1) is 22.1. The largest absolute Gasteiger partial charge is 0.497 e. The van der Waals surface area contributed by atoms with Gasteiger partial charge in [0.25, 0.3) is 5.91 Å². The van der Waals surface area contributed by atoms with E-state index in [0.29, 0.717) is 17.9 Å². The quantitative estimate of drug-likeness (QED) is 0.549. The summed E-state index contributed by atoms with van der Waals surface area (Å²) in [5, 5.41) is 2.90. The lowest BCUT2D eigenvalue weighted by Crippen LogP contribution is -2.42. The highest BCUT2D eigenvalue weighted by atomic mass is 16.5. The molecule has 1 heterocycles. The van der Waals surface area contributed by atoms with Crippen molar-refractivity contribution in [1.82, 2.24) is 10.7 Å². The summed E-state index contributed by atoms with van der Waals surface area (Å²) < 4.78 is 12.4. The lowest BCUT2D eigenvalue weighted by molar-refractivity contribution is -0.596. The van der Waals surface area contributed by atoms with Crippen LogP contribution < -0.4 is 20.2 Å². The van der Waals surface area contributed by atoms with Crippen LogP contribution in [0.1, 0.15) is 34.5 Å². The maximum Gasteiger partial charge on any atom is 0.304 e. The summed E-state index contributed by atoms with van der Waals surface area (Å²) in [6.07, 6.45) is 1.85. The van der Waals surface area contributed by atoms with E-state index in [9.17, 15) is 9.59 Å². The molecule has 0 spiro atoms. The van der Waals surface area contributed by atoms with Gasteiger partial charge >= 0.3 is 5.91 Å². The minimum atomic E-state index is -0.777. The summed E-state index contributed by atoms with van der Waals surface area (Å²) >= 11 is 0. The summed E-state index contributed by atoms with van der Waals surface area (Å²) in [5.74, 6) is 0.822. The van der Waals surface area contributed by atoms with E-state index in [1.165, 1.54) is 0 Å². The Hall–Kier alpha value is -4.13. The predicted molar refractivity (Wildman–Crippen MR) is 125 cm³/mol. The topological polar surface area (TPSA) is 79.7 Å². The van der Waals surface area contributed by atoms with Crippen LogP contribution in [0.3, 0.4) is 0 Å². The molecule has 2 atom stereocenters. The van der Waals surface area contributed by atoms with E-state index in [1.807, 2.05) is 67.7 Å². The van der Waals surface area contributed by atoms with Crippen LogP contribution in [-0.4, -0.2) is 42.5 Å². The van der Waals surface area contributed by atoms with Gasteiger partial charge in [0.2, 0.25) is 12.3 Å². The van der Waals surface area contributed by atoms with Gasteiger partial charge in [0.05, 0.1) is 13.7 Å². The molecule has 2 N–H and O–H groups in total. The van der Waals surface area contributed by atoms with Gasteiger partial charge in [-0.1, -0.05) is 30.3 Å². The number of ether oxygens (including phenoxy) is 2. The van der Waals surface area contributed by atoms with Crippen molar-refractivity contribution >= 4 is 18.0 Å². The highest BCUT2D eigenvalue weighted by molar-refractivity contribution is 5.98. The first-order chi connectivity index (χ1) is 16.1. The van der Waals surface area contributed by atoms with E-state index >= 15 is 0 Å².